The fraction of sp³-hybridized carbons (Fsp3) is 0.682. The minimum absolute atomic E-state index is 0.0790. The van der Waals surface area contributed by atoms with Crippen LogP contribution in [0.3, 0.4) is 0 Å². The Morgan fingerprint density at radius 1 is 1.32 bits per heavy atom. The SMILES string of the molecule is C[C@H]1C[C@H]2[C@@H]3C=CC4=CC(=O)CC[C@]4(C)[C@@]3(F)C(=O)C[C@]2(C)[C@@]1(O)C(=O)CF. The van der Waals surface area contributed by atoms with E-state index >= 15 is 4.39 Å². The minimum Gasteiger partial charge on any atom is -0.381 e. The maximum absolute atomic E-state index is 16.7. The lowest BCUT2D eigenvalue weighted by Crippen LogP contribution is -2.67. The quantitative estimate of drug-likeness (QED) is 0.784. The number of carbonyl (C=O) groups excluding carboxylic acids is 3. The summed E-state index contributed by atoms with van der Waals surface area (Å²) in [4.78, 5) is 37.5. The van der Waals surface area contributed by atoms with E-state index in [9.17, 15) is 23.9 Å². The topological polar surface area (TPSA) is 71.4 Å². The summed E-state index contributed by atoms with van der Waals surface area (Å²) in [5.74, 6) is -3.55. The molecule has 0 aromatic heterocycles. The predicted octanol–water partition coefficient (Wildman–Crippen LogP) is 3.08. The van der Waals surface area contributed by atoms with Crippen molar-refractivity contribution >= 4 is 17.3 Å². The molecule has 2 saturated carbocycles. The number of halogens is 2. The van der Waals surface area contributed by atoms with Crippen molar-refractivity contribution in [2.75, 3.05) is 6.67 Å². The number of rotatable bonds is 2. The van der Waals surface area contributed by atoms with Gasteiger partial charge in [-0.3, -0.25) is 14.4 Å². The lowest BCUT2D eigenvalue weighted by atomic mass is 9.46. The normalized spacial score (nSPS) is 49.9. The van der Waals surface area contributed by atoms with Crippen molar-refractivity contribution in [2.24, 2.45) is 28.6 Å². The predicted molar refractivity (Wildman–Crippen MR) is 97.8 cm³/mol. The van der Waals surface area contributed by atoms with Crippen molar-refractivity contribution in [2.45, 2.75) is 57.7 Å². The summed E-state index contributed by atoms with van der Waals surface area (Å²) < 4.78 is 30.0. The molecule has 0 aromatic carbocycles. The van der Waals surface area contributed by atoms with Gasteiger partial charge in [-0.25, -0.2) is 8.78 Å². The Hall–Kier alpha value is -1.69. The van der Waals surface area contributed by atoms with Crippen LogP contribution in [-0.4, -0.2) is 40.4 Å². The lowest BCUT2D eigenvalue weighted by Gasteiger charge is -2.58. The number of alkyl halides is 2. The van der Waals surface area contributed by atoms with Crippen molar-refractivity contribution < 1.29 is 28.3 Å². The number of ketones is 3. The van der Waals surface area contributed by atoms with E-state index < -0.39 is 58.1 Å². The van der Waals surface area contributed by atoms with Gasteiger partial charge in [0.1, 0.15) is 5.60 Å². The van der Waals surface area contributed by atoms with Crippen molar-refractivity contribution in [1.29, 1.82) is 0 Å². The number of hydrogen-bond acceptors (Lipinski definition) is 4. The van der Waals surface area contributed by atoms with Crippen molar-refractivity contribution in [3.8, 4) is 0 Å². The average molecular weight is 392 g/mol. The molecular formula is C22H26F2O4. The summed E-state index contributed by atoms with van der Waals surface area (Å²) in [6.45, 7) is 3.67. The lowest BCUT2D eigenvalue weighted by molar-refractivity contribution is -0.183. The first-order valence-electron chi connectivity index (χ1n) is 9.94. The Labute approximate surface area is 163 Å². The third kappa shape index (κ3) is 1.95. The van der Waals surface area contributed by atoms with Crippen LogP contribution in [0.4, 0.5) is 8.78 Å². The summed E-state index contributed by atoms with van der Waals surface area (Å²) in [5.41, 5.74) is -6.01. The van der Waals surface area contributed by atoms with Gasteiger partial charge in [-0.15, -0.1) is 0 Å². The molecule has 4 aliphatic carbocycles. The number of hydrogen-bond donors (Lipinski definition) is 1. The smallest absolute Gasteiger partial charge is 0.196 e. The average Bonchev–Trinajstić information content (AvgIpc) is 2.84. The maximum Gasteiger partial charge on any atom is 0.196 e. The van der Waals surface area contributed by atoms with Crippen LogP contribution in [0, 0.1) is 28.6 Å². The molecule has 0 spiro atoms. The molecular weight excluding hydrogens is 366 g/mol. The first-order valence-corrected chi connectivity index (χ1v) is 9.94. The summed E-state index contributed by atoms with van der Waals surface area (Å²) in [6.07, 6.45) is 5.22. The molecule has 0 unspecified atom stereocenters. The number of Topliss-reactive ketones (excluding diaryl/α,β-unsaturated/α-hetero) is 2. The highest BCUT2D eigenvalue weighted by atomic mass is 19.1. The van der Waals surface area contributed by atoms with Gasteiger partial charge in [0.15, 0.2) is 29.7 Å². The molecule has 0 heterocycles. The Morgan fingerprint density at radius 3 is 2.64 bits per heavy atom. The monoisotopic (exact) mass is 392 g/mol. The van der Waals surface area contributed by atoms with Crippen LogP contribution in [0.2, 0.25) is 0 Å². The molecule has 4 nitrogen and oxygen atoms in total. The molecule has 28 heavy (non-hydrogen) atoms. The van der Waals surface area contributed by atoms with Gasteiger partial charge in [0.25, 0.3) is 0 Å². The van der Waals surface area contributed by atoms with E-state index in [1.807, 2.05) is 0 Å². The maximum atomic E-state index is 16.7. The Bertz CT molecular complexity index is 847. The number of carbonyl (C=O) groups is 3. The molecule has 4 rings (SSSR count). The number of fused-ring (bicyclic) bond motifs is 5. The zero-order chi connectivity index (χ0) is 20.7. The number of aliphatic hydroxyl groups is 1. The molecule has 0 aliphatic heterocycles. The minimum atomic E-state index is -2.21. The Morgan fingerprint density at radius 2 is 2.00 bits per heavy atom. The van der Waals surface area contributed by atoms with E-state index in [1.165, 1.54) is 6.08 Å². The fourth-order valence-corrected chi connectivity index (χ4v) is 6.78. The van der Waals surface area contributed by atoms with E-state index in [0.717, 1.165) is 0 Å². The van der Waals surface area contributed by atoms with Crippen LogP contribution in [0.25, 0.3) is 0 Å². The van der Waals surface area contributed by atoms with Gasteiger partial charge < -0.3 is 5.11 Å². The van der Waals surface area contributed by atoms with Gasteiger partial charge in [0.2, 0.25) is 0 Å². The molecule has 2 fully saturated rings. The van der Waals surface area contributed by atoms with Gasteiger partial charge in [-0.1, -0.05) is 32.9 Å². The van der Waals surface area contributed by atoms with Crippen molar-refractivity contribution in [3.05, 3.63) is 23.8 Å². The summed E-state index contributed by atoms with van der Waals surface area (Å²) in [7, 11) is 0. The van der Waals surface area contributed by atoms with Crippen LogP contribution in [0.15, 0.2) is 23.8 Å². The largest absolute Gasteiger partial charge is 0.381 e. The van der Waals surface area contributed by atoms with Crippen LogP contribution in [0.5, 0.6) is 0 Å². The van der Waals surface area contributed by atoms with Gasteiger partial charge >= 0.3 is 0 Å². The Balaban J connectivity index is 1.89. The first-order chi connectivity index (χ1) is 13.0. The highest BCUT2D eigenvalue weighted by molar-refractivity contribution is 5.98. The van der Waals surface area contributed by atoms with Gasteiger partial charge in [-0.05, 0) is 36.3 Å². The second kappa shape index (κ2) is 5.68. The molecule has 0 bridgehead atoms. The van der Waals surface area contributed by atoms with Crippen LogP contribution < -0.4 is 0 Å². The zero-order valence-electron chi connectivity index (χ0n) is 16.4. The highest BCUT2D eigenvalue weighted by Crippen LogP contribution is 2.68. The van der Waals surface area contributed by atoms with E-state index in [4.69, 9.17) is 0 Å². The van der Waals surface area contributed by atoms with E-state index in [0.29, 0.717) is 12.0 Å². The van der Waals surface area contributed by atoms with E-state index in [2.05, 4.69) is 0 Å². The molecule has 0 radical (unpaired) electrons. The molecule has 0 amide bonds. The van der Waals surface area contributed by atoms with Gasteiger partial charge in [0.05, 0.1) is 0 Å². The highest BCUT2D eigenvalue weighted by Gasteiger charge is 2.75. The third-order valence-corrected chi connectivity index (χ3v) is 8.49. The van der Waals surface area contributed by atoms with E-state index in [-0.39, 0.29) is 25.0 Å². The third-order valence-electron chi connectivity index (χ3n) is 8.49. The van der Waals surface area contributed by atoms with Gasteiger partial charge in [-0.2, -0.15) is 0 Å². The van der Waals surface area contributed by atoms with Crippen molar-refractivity contribution in [1.82, 2.24) is 0 Å². The van der Waals surface area contributed by atoms with Crippen LogP contribution in [0.1, 0.15) is 46.5 Å². The standard InChI is InChI=1S/C22H26F2O4/c1-12-8-16-15-5-4-13-9-14(25)6-7-19(13,2)21(15,24)17(26)10-20(16,3)22(12,28)18(27)11-23/h4-5,9,12,15-16,28H,6-8,10-11H2,1-3H3/t12-,15-,16-,19-,20-,21-,22-/m0/s1. The molecule has 7 atom stereocenters. The Kier molecular flexibility index (Phi) is 3.98. The molecule has 152 valence electrons. The van der Waals surface area contributed by atoms with Crippen LogP contribution in [-0.2, 0) is 14.4 Å². The van der Waals surface area contributed by atoms with Gasteiger partial charge in [0, 0.05) is 29.6 Å². The summed E-state index contributed by atoms with van der Waals surface area (Å²) >= 11 is 0. The second-order valence-electron chi connectivity index (χ2n) is 9.58. The van der Waals surface area contributed by atoms with Crippen LogP contribution >= 0.6 is 0 Å². The molecule has 0 aromatic rings. The molecule has 1 N–H and O–H groups in total. The molecule has 0 saturated heterocycles. The fourth-order valence-electron chi connectivity index (χ4n) is 6.78. The first kappa shape index (κ1) is 19.6. The van der Waals surface area contributed by atoms with Crippen molar-refractivity contribution in [3.63, 3.8) is 0 Å². The zero-order valence-corrected chi connectivity index (χ0v) is 16.4. The van der Waals surface area contributed by atoms with E-state index in [1.54, 1.807) is 32.9 Å². The molecule has 6 heteroatoms. The second-order valence-corrected chi connectivity index (χ2v) is 9.58. The summed E-state index contributed by atoms with van der Waals surface area (Å²) in [6, 6.07) is 0. The number of allylic oxidation sites excluding steroid dienone is 4. The molecule has 4 aliphatic rings. The summed E-state index contributed by atoms with van der Waals surface area (Å²) in [5, 5.41) is 11.3.